The molecule has 3 fully saturated rings. The van der Waals surface area contributed by atoms with Crippen LogP contribution in [0.2, 0.25) is 5.02 Å². The maximum absolute atomic E-state index is 13.2. The highest BCUT2D eigenvalue weighted by atomic mass is 35.5. The second-order valence-corrected chi connectivity index (χ2v) is 10.9. The van der Waals surface area contributed by atoms with Gasteiger partial charge in [0.25, 0.3) is 5.91 Å². The molecule has 3 aliphatic rings. The van der Waals surface area contributed by atoms with Crippen molar-refractivity contribution < 1.29 is 27.5 Å². The third-order valence-electron chi connectivity index (χ3n) is 6.12. The second kappa shape index (κ2) is 10.1. The molecule has 0 spiro atoms. The Bertz CT molecular complexity index is 964. The summed E-state index contributed by atoms with van der Waals surface area (Å²) in [5.74, 6) is -0.682. The molecule has 0 aromatic carbocycles. The molecule has 1 aromatic rings. The average molecular weight is 502 g/mol. The number of hydrogen-bond acceptors (Lipinski definition) is 8. The fourth-order valence-electron chi connectivity index (χ4n) is 4.32. The number of carbonyl (C=O) groups is 2. The number of sulfonamides is 1. The molecule has 1 aromatic heterocycles. The van der Waals surface area contributed by atoms with Gasteiger partial charge in [-0.3, -0.25) is 10.1 Å². The molecule has 3 aliphatic heterocycles. The van der Waals surface area contributed by atoms with Crippen LogP contribution in [0.4, 0.5) is 4.79 Å². The number of morpholine rings is 1. The number of urea groups is 1. The smallest absolute Gasteiger partial charge is 0.322 e. The van der Waals surface area contributed by atoms with Crippen LogP contribution in [0.25, 0.3) is 0 Å². The summed E-state index contributed by atoms with van der Waals surface area (Å²) in [7, 11) is -3.82. The zero-order valence-electron chi connectivity index (χ0n) is 18.1. The average Bonchev–Trinajstić information content (AvgIpc) is 3.07. The molecule has 2 unspecified atom stereocenters. The van der Waals surface area contributed by atoms with Crippen LogP contribution in [0.5, 0.6) is 5.88 Å². The van der Waals surface area contributed by atoms with E-state index in [4.69, 9.17) is 21.1 Å². The first-order valence-corrected chi connectivity index (χ1v) is 13.0. The highest BCUT2D eigenvalue weighted by Crippen LogP contribution is 2.26. The lowest BCUT2D eigenvalue weighted by Gasteiger charge is -2.34. The highest BCUT2D eigenvalue weighted by molar-refractivity contribution is 7.89. The predicted octanol–water partition coefficient (Wildman–Crippen LogP) is 0.255. The minimum Gasteiger partial charge on any atom is -0.474 e. The number of ether oxygens (including phenoxy) is 2. The van der Waals surface area contributed by atoms with Gasteiger partial charge in [0.1, 0.15) is 11.6 Å². The second-order valence-electron chi connectivity index (χ2n) is 8.51. The van der Waals surface area contributed by atoms with Crippen molar-refractivity contribution in [2.24, 2.45) is 0 Å². The van der Waals surface area contributed by atoms with Crippen LogP contribution >= 0.6 is 11.6 Å². The lowest BCUT2D eigenvalue weighted by atomic mass is 9.94. The quantitative estimate of drug-likeness (QED) is 0.431. The molecule has 0 saturated carbocycles. The first-order chi connectivity index (χ1) is 15.8. The van der Waals surface area contributed by atoms with Gasteiger partial charge in [0.2, 0.25) is 15.9 Å². The van der Waals surface area contributed by atoms with Crippen LogP contribution < -0.4 is 20.7 Å². The van der Waals surface area contributed by atoms with Gasteiger partial charge in [-0.1, -0.05) is 11.6 Å². The number of hydrogen-bond donors (Lipinski definition) is 3. The van der Waals surface area contributed by atoms with E-state index in [-0.39, 0.29) is 31.7 Å². The first kappa shape index (κ1) is 24.1. The third kappa shape index (κ3) is 5.93. The van der Waals surface area contributed by atoms with E-state index in [1.165, 1.54) is 10.5 Å². The van der Waals surface area contributed by atoms with Crippen LogP contribution in [0.3, 0.4) is 0 Å². The van der Waals surface area contributed by atoms with E-state index in [2.05, 4.69) is 20.9 Å². The van der Waals surface area contributed by atoms with E-state index in [1.807, 2.05) is 0 Å². The van der Waals surface area contributed by atoms with Gasteiger partial charge in [-0.15, -0.1) is 0 Å². The number of rotatable bonds is 8. The van der Waals surface area contributed by atoms with Gasteiger partial charge in [0.05, 0.1) is 23.5 Å². The molecule has 3 saturated heterocycles. The molecular weight excluding hydrogens is 474 g/mol. The van der Waals surface area contributed by atoms with E-state index in [1.54, 1.807) is 12.1 Å². The number of imide groups is 1. The molecule has 3 amide bonds. The molecule has 0 aliphatic carbocycles. The molecule has 0 radical (unpaired) electrons. The van der Waals surface area contributed by atoms with Gasteiger partial charge in [-0.2, -0.15) is 0 Å². The van der Waals surface area contributed by atoms with Gasteiger partial charge in [-0.05, 0) is 31.7 Å². The van der Waals surface area contributed by atoms with E-state index in [0.717, 1.165) is 6.54 Å². The lowest BCUT2D eigenvalue weighted by molar-refractivity contribution is -0.123. The molecule has 0 bridgehead atoms. The Kier molecular flexibility index (Phi) is 7.39. The summed E-state index contributed by atoms with van der Waals surface area (Å²) < 4.78 is 39.3. The molecule has 13 heteroatoms. The Morgan fingerprint density at radius 1 is 1.27 bits per heavy atom. The minimum atomic E-state index is -3.82. The SMILES string of the molecule is O=C1NC(=O)C(CCC2CNCCO2)(CS(=O)(=O)N2CCC(Oc3ccc(Cl)cn3)CC2)N1. The Morgan fingerprint density at radius 3 is 2.67 bits per heavy atom. The molecule has 3 N–H and O–H groups in total. The Balaban J connectivity index is 1.37. The van der Waals surface area contributed by atoms with Gasteiger partial charge >= 0.3 is 6.03 Å². The number of halogens is 1. The van der Waals surface area contributed by atoms with Gasteiger partial charge in [0, 0.05) is 38.4 Å². The van der Waals surface area contributed by atoms with Crippen molar-refractivity contribution in [2.45, 2.75) is 43.4 Å². The van der Waals surface area contributed by atoms with Crippen molar-refractivity contribution in [3.05, 3.63) is 23.4 Å². The number of pyridine rings is 1. The van der Waals surface area contributed by atoms with Crippen LogP contribution in [0.1, 0.15) is 25.7 Å². The van der Waals surface area contributed by atoms with Crippen molar-refractivity contribution in [1.29, 1.82) is 0 Å². The van der Waals surface area contributed by atoms with Crippen molar-refractivity contribution in [2.75, 3.05) is 38.5 Å². The molecule has 33 heavy (non-hydrogen) atoms. The number of nitrogens with zero attached hydrogens (tertiary/aromatic N) is 2. The van der Waals surface area contributed by atoms with Crippen LogP contribution in [0.15, 0.2) is 18.3 Å². The maximum atomic E-state index is 13.2. The Labute approximate surface area is 197 Å². The van der Waals surface area contributed by atoms with E-state index < -0.39 is 33.3 Å². The maximum Gasteiger partial charge on any atom is 0.322 e. The van der Waals surface area contributed by atoms with E-state index >= 15 is 0 Å². The fourth-order valence-corrected chi connectivity index (χ4v) is 6.36. The highest BCUT2D eigenvalue weighted by Gasteiger charge is 2.50. The molecule has 4 heterocycles. The number of aromatic nitrogens is 1. The zero-order chi connectivity index (χ0) is 23.5. The summed E-state index contributed by atoms with van der Waals surface area (Å²) in [6.07, 6.45) is 2.75. The topological polar surface area (TPSA) is 139 Å². The number of piperidine rings is 1. The summed E-state index contributed by atoms with van der Waals surface area (Å²) in [6, 6.07) is 2.67. The predicted molar refractivity (Wildman–Crippen MR) is 120 cm³/mol. The van der Waals surface area contributed by atoms with Crippen molar-refractivity contribution in [1.82, 2.24) is 25.2 Å². The van der Waals surface area contributed by atoms with Crippen molar-refractivity contribution >= 4 is 33.6 Å². The van der Waals surface area contributed by atoms with Crippen molar-refractivity contribution in [3.8, 4) is 5.88 Å². The van der Waals surface area contributed by atoms with E-state index in [9.17, 15) is 18.0 Å². The standard InChI is InChI=1S/C20H28ClN5O6S/c21-14-1-2-17(23-11-14)32-15-4-8-26(9-5-15)33(29,30)13-20(18(27)24-19(28)25-20)6-3-16-12-22-7-10-31-16/h1-2,11,15-16,22H,3-10,12-13H2,(H2,24,25,27,28). The Morgan fingerprint density at radius 2 is 2.06 bits per heavy atom. The first-order valence-electron chi connectivity index (χ1n) is 11.0. The van der Waals surface area contributed by atoms with Gasteiger partial charge < -0.3 is 20.1 Å². The van der Waals surface area contributed by atoms with Crippen LogP contribution in [-0.4, -0.2) is 85.9 Å². The molecule has 11 nitrogen and oxygen atoms in total. The number of nitrogens with one attached hydrogen (secondary N) is 3. The van der Waals surface area contributed by atoms with Crippen LogP contribution in [0, 0.1) is 0 Å². The minimum absolute atomic E-state index is 0.141. The molecule has 182 valence electrons. The zero-order valence-corrected chi connectivity index (χ0v) is 19.7. The van der Waals surface area contributed by atoms with Crippen LogP contribution in [-0.2, 0) is 19.6 Å². The normalized spacial score (nSPS) is 27.2. The van der Waals surface area contributed by atoms with Gasteiger partial charge in [0.15, 0.2) is 0 Å². The molecule has 4 rings (SSSR count). The van der Waals surface area contributed by atoms with E-state index in [0.29, 0.717) is 43.3 Å². The summed E-state index contributed by atoms with van der Waals surface area (Å²) in [5, 5.41) is 8.48. The third-order valence-corrected chi connectivity index (χ3v) is 8.36. The fraction of sp³-hybridized carbons (Fsp3) is 0.650. The summed E-state index contributed by atoms with van der Waals surface area (Å²) >= 11 is 5.83. The van der Waals surface area contributed by atoms with Crippen molar-refractivity contribution in [3.63, 3.8) is 0 Å². The molecule has 2 atom stereocenters. The van der Waals surface area contributed by atoms with Gasteiger partial charge in [-0.25, -0.2) is 22.5 Å². The Hall–Kier alpha value is -1.99. The summed E-state index contributed by atoms with van der Waals surface area (Å²) in [4.78, 5) is 28.6. The number of amides is 3. The lowest BCUT2D eigenvalue weighted by Crippen LogP contribution is -2.56. The number of carbonyl (C=O) groups excluding carboxylic acids is 2. The monoisotopic (exact) mass is 501 g/mol. The largest absolute Gasteiger partial charge is 0.474 e. The summed E-state index contributed by atoms with van der Waals surface area (Å²) in [5.41, 5.74) is -1.52. The summed E-state index contributed by atoms with van der Waals surface area (Å²) in [6.45, 7) is 2.43. The molecular formula is C20H28ClN5O6S.